The highest BCUT2D eigenvalue weighted by Gasteiger charge is 2.59. The number of fused-ring (bicyclic) bond motifs is 2. The predicted molar refractivity (Wildman–Crippen MR) is 77.8 cm³/mol. The Balaban J connectivity index is 2.01. The lowest BCUT2D eigenvalue weighted by Crippen LogP contribution is -2.57. The number of aliphatic carboxylic acids is 1. The van der Waals surface area contributed by atoms with E-state index in [1.807, 2.05) is 0 Å². The van der Waals surface area contributed by atoms with E-state index in [0.29, 0.717) is 5.92 Å². The Hall–Kier alpha value is -1.30. The molecular formula is C15H26N2O4. The molecule has 0 aromatic carbocycles. The molecule has 6 heteroatoms. The van der Waals surface area contributed by atoms with Crippen LogP contribution in [0.5, 0.6) is 0 Å². The normalized spacial score (nSPS) is 34.5. The van der Waals surface area contributed by atoms with Gasteiger partial charge in [0.15, 0.2) is 0 Å². The molecule has 0 aromatic rings. The van der Waals surface area contributed by atoms with Crippen LogP contribution < -0.4 is 10.6 Å². The summed E-state index contributed by atoms with van der Waals surface area (Å²) in [5.41, 5.74) is 0.126. The SMILES string of the molecule is CC12CCC(C1)C(C)(C)C2NC(=O)N[C@@H](CCO)C(=O)O. The van der Waals surface area contributed by atoms with Gasteiger partial charge in [0, 0.05) is 19.1 Å². The lowest BCUT2D eigenvalue weighted by molar-refractivity contribution is -0.139. The van der Waals surface area contributed by atoms with E-state index in [9.17, 15) is 9.59 Å². The first-order valence-electron chi connectivity index (χ1n) is 7.61. The molecule has 120 valence electrons. The number of carbonyl (C=O) groups excluding carboxylic acids is 1. The van der Waals surface area contributed by atoms with Gasteiger partial charge >= 0.3 is 12.0 Å². The topological polar surface area (TPSA) is 98.7 Å². The molecule has 4 N–H and O–H groups in total. The lowest BCUT2D eigenvalue weighted by Gasteiger charge is -2.43. The lowest BCUT2D eigenvalue weighted by atomic mass is 9.68. The number of aliphatic hydroxyl groups is 1. The summed E-state index contributed by atoms with van der Waals surface area (Å²) in [7, 11) is 0. The molecule has 6 nitrogen and oxygen atoms in total. The van der Waals surface area contributed by atoms with Crippen molar-refractivity contribution in [2.45, 2.75) is 58.5 Å². The van der Waals surface area contributed by atoms with Crippen molar-refractivity contribution in [1.29, 1.82) is 0 Å². The third-order valence-corrected chi connectivity index (χ3v) is 5.57. The van der Waals surface area contributed by atoms with Crippen LogP contribution in [0, 0.1) is 16.7 Å². The number of carbonyl (C=O) groups is 2. The van der Waals surface area contributed by atoms with Crippen LogP contribution in [0.15, 0.2) is 0 Å². The summed E-state index contributed by atoms with van der Waals surface area (Å²) in [6.07, 6.45) is 3.43. The number of carboxylic acid groups (broad SMARTS) is 1. The molecule has 0 aliphatic heterocycles. The van der Waals surface area contributed by atoms with Crippen LogP contribution in [0.2, 0.25) is 0 Å². The van der Waals surface area contributed by atoms with Crippen molar-refractivity contribution >= 4 is 12.0 Å². The third kappa shape index (κ3) is 2.86. The fourth-order valence-corrected chi connectivity index (χ4v) is 4.38. The summed E-state index contributed by atoms with van der Waals surface area (Å²) in [6.45, 7) is 6.28. The summed E-state index contributed by atoms with van der Waals surface area (Å²) in [6, 6.07) is -1.46. The van der Waals surface area contributed by atoms with Crippen molar-refractivity contribution in [3.63, 3.8) is 0 Å². The van der Waals surface area contributed by atoms with Crippen LogP contribution in [-0.4, -0.2) is 40.9 Å². The molecule has 0 radical (unpaired) electrons. The van der Waals surface area contributed by atoms with Crippen molar-refractivity contribution in [1.82, 2.24) is 10.6 Å². The second kappa shape index (κ2) is 5.48. The predicted octanol–water partition coefficient (Wildman–Crippen LogP) is 1.34. The van der Waals surface area contributed by atoms with Gasteiger partial charge in [0.1, 0.15) is 6.04 Å². The Bertz CT molecular complexity index is 433. The zero-order chi connectivity index (χ0) is 15.8. The van der Waals surface area contributed by atoms with Gasteiger partial charge in [-0.15, -0.1) is 0 Å². The standard InChI is InChI=1S/C15H26N2O4/c1-14(2)9-4-6-15(3,8-9)12(14)17-13(21)16-10(5-7-18)11(19)20/h9-10,12,18H,4-8H2,1-3H3,(H,19,20)(H2,16,17,21)/t9?,10-,12?,15?/m0/s1. The maximum Gasteiger partial charge on any atom is 0.326 e. The van der Waals surface area contributed by atoms with Crippen LogP contribution >= 0.6 is 0 Å². The summed E-state index contributed by atoms with van der Waals surface area (Å²) >= 11 is 0. The van der Waals surface area contributed by atoms with Gasteiger partial charge in [-0.25, -0.2) is 9.59 Å². The van der Waals surface area contributed by atoms with Gasteiger partial charge in [0.05, 0.1) is 0 Å². The average molecular weight is 298 g/mol. The average Bonchev–Trinajstić information content (AvgIpc) is 2.85. The van der Waals surface area contributed by atoms with E-state index in [2.05, 4.69) is 31.4 Å². The molecule has 21 heavy (non-hydrogen) atoms. The quantitative estimate of drug-likeness (QED) is 0.615. The Morgan fingerprint density at radius 2 is 2.00 bits per heavy atom. The van der Waals surface area contributed by atoms with Gasteiger partial charge in [-0.2, -0.15) is 0 Å². The van der Waals surface area contributed by atoms with Crippen LogP contribution in [0.1, 0.15) is 46.5 Å². The minimum atomic E-state index is -1.13. The van der Waals surface area contributed by atoms with E-state index >= 15 is 0 Å². The molecule has 0 heterocycles. The highest BCUT2D eigenvalue weighted by molar-refractivity contribution is 5.82. The zero-order valence-corrected chi connectivity index (χ0v) is 13.0. The molecule has 2 rings (SSSR count). The fourth-order valence-electron chi connectivity index (χ4n) is 4.38. The van der Waals surface area contributed by atoms with Crippen molar-refractivity contribution in [2.24, 2.45) is 16.7 Å². The van der Waals surface area contributed by atoms with Crippen LogP contribution in [-0.2, 0) is 4.79 Å². The molecule has 0 spiro atoms. The van der Waals surface area contributed by atoms with Gasteiger partial charge in [-0.1, -0.05) is 20.8 Å². The van der Waals surface area contributed by atoms with E-state index in [0.717, 1.165) is 12.8 Å². The van der Waals surface area contributed by atoms with E-state index in [4.69, 9.17) is 10.2 Å². The van der Waals surface area contributed by atoms with Gasteiger partial charge in [0.2, 0.25) is 0 Å². The van der Waals surface area contributed by atoms with Gasteiger partial charge in [0.25, 0.3) is 0 Å². The largest absolute Gasteiger partial charge is 0.480 e. The smallest absolute Gasteiger partial charge is 0.326 e. The Morgan fingerprint density at radius 1 is 1.33 bits per heavy atom. The maximum atomic E-state index is 12.1. The molecule has 2 fully saturated rings. The molecule has 4 atom stereocenters. The first-order chi connectivity index (χ1) is 9.70. The second-order valence-electron chi connectivity index (χ2n) is 7.37. The number of aliphatic hydroxyl groups excluding tert-OH is 1. The molecular weight excluding hydrogens is 272 g/mol. The number of nitrogens with one attached hydrogen (secondary N) is 2. The Kier molecular flexibility index (Phi) is 4.19. The number of amides is 2. The van der Waals surface area contributed by atoms with Crippen molar-refractivity contribution in [2.75, 3.05) is 6.61 Å². The molecule has 0 aromatic heterocycles. The fraction of sp³-hybridized carbons (Fsp3) is 0.867. The third-order valence-electron chi connectivity index (χ3n) is 5.57. The number of hydrogen-bond donors (Lipinski definition) is 4. The van der Waals surface area contributed by atoms with E-state index in [1.54, 1.807) is 0 Å². The number of hydrogen-bond acceptors (Lipinski definition) is 3. The van der Waals surface area contributed by atoms with Crippen LogP contribution in [0.25, 0.3) is 0 Å². The summed E-state index contributed by atoms with van der Waals surface area (Å²) in [4.78, 5) is 23.2. The van der Waals surface area contributed by atoms with E-state index < -0.39 is 18.0 Å². The van der Waals surface area contributed by atoms with Crippen molar-refractivity contribution < 1.29 is 19.8 Å². The summed E-state index contributed by atoms with van der Waals surface area (Å²) in [5.74, 6) is -0.516. The minimum absolute atomic E-state index is 0.0106. The minimum Gasteiger partial charge on any atom is -0.480 e. The summed E-state index contributed by atoms with van der Waals surface area (Å²) < 4.78 is 0. The second-order valence-corrected chi connectivity index (χ2v) is 7.37. The van der Waals surface area contributed by atoms with Crippen molar-refractivity contribution in [3.8, 4) is 0 Å². The Labute approximate surface area is 125 Å². The van der Waals surface area contributed by atoms with Gasteiger partial charge in [-0.05, 0) is 36.0 Å². The molecule has 2 aliphatic rings. The molecule has 2 amide bonds. The number of carboxylic acids is 1. The first-order valence-corrected chi connectivity index (χ1v) is 7.61. The molecule has 2 bridgehead atoms. The van der Waals surface area contributed by atoms with E-state index in [-0.39, 0.29) is 29.9 Å². The molecule has 2 saturated carbocycles. The molecule has 3 unspecified atom stereocenters. The van der Waals surface area contributed by atoms with Gasteiger partial charge in [-0.3, -0.25) is 0 Å². The molecule has 2 aliphatic carbocycles. The number of urea groups is 1. The Morgan fingerprint density at radius 3 is 2.48 bits per heavy atom. The molecule has 0 saturated heterocycles. The highest BCUT2D eigenvalue weighted by atomic mass is 16.4. The van der Waals surface area contributed by atoms with E-state index in [1.165, 1.54) is 6.42 Å². The van der Waals surface area contributed by atoms with Crippen LogP contribution in [0.3, 0.4) is 0 Å². The zero-order valence-electron chi connectivity index (χ0n) is 13.0. The summed E-state index contributed by atoms with van der Waals surface area (Å²) in [5, 5.41) is 23.3. The number of rotatable bonds is 5. The maximum absolute atomic E-state index is 12.1. The monoisotopic (exact) mass is 298 g/mol. The van der Waals surface area contributed by atoms with Crippen LogP contribution in [0.4, 0.5) is 4.79 Å². The highest BCUT2D eigenvalue weighted by Crippen LogP contribution is 2.62. The van der Waals surface area contributed by atoms with Crippen molar-refractivity contribution in [3.05, 3.63) is 0 Å². The first kappa shape index (κ1) is 16.1. The van der Waals surface area contributed by atoms with Gasteiger partial charge < -0.3 is 20.8 Å².